The first-order chi connectivity index (χ1) is 14.5. The Morgan fingerprint density at radius 1 is 1.23 bits per heavy atom. The van der Waals surface area contributed by atoms with Gasteiger partial charge in [0.25, 0.3) is 0 Å². The van der Waals surface area contributed by atoms with E-state index in [0.29, 0.717) is 23.3 Å². The Hall–Kier alpha value is -2.35. The second-order valence-corrected chi connectivity index (χ2v) is 8.33. The molecule has 30 heavy (non-hydrogen) atoms. The fourth-order valence-electron chi connectivity index (χ4n) is 3.05. The number of nitrogens with one attached hydrogen (secondary N) is 1. The second-order valence-electron chi connectivity index (χ2n) is 6.95. The molecule has 1 unspecified atom stereocenters. The minimum absolute atomic E-state index is 0.0779. The Morgan fingerprint density at radius 2 is 2.03 bits per heavy atom. The summed E-state index contributed by atoms with van der Waals surface area (Å²) in [6.45, 7) is 5.11. The van der Waals surface area contributed by atoms with Crippen molar-refractivity contribution in [3.63, 3.8) is 0 Å². The number of nitrogens with zero attached hydrogens (tertiary/aromatic N) is 3. The number of ether oxygens (including phenoxy) is 1. The zero-order valence-corrected chi connectivity index (χ0v) is 18.8. The lowest BCUT2D eigenvalue weighted by molar-refractivity contribution is -0.119. The summed E-state index contributed by atoms with van der Waals surface area (Å²) in [7, 11) is 1.66. The van der Waals surface area contributed by atoms with Crippen LogP contribution in [0.3, 0.4) is 0 Å². The summed E-state index contributed by atoms with van der Waals surface area (Å²) in [6, 6.07) is 15.5. The molecule has 0 aliphatic carbocycles. The third kappa shape index (κ3) is 5.84. The van der Waals surface area contributed by atoms with Crippen molar-refractivity contribution in [1.82, 2.24) is 20.1 Å². The molecule has 0 bridgehead atoms. The van der Waals surface area contributed by atoms with Gasteiger partial charge >= 0.3 is 0 Å². The molecule has 1 heterocycles. The predicted octanol–water partition coefficient (Wildman–Crippen LogP) is 4.52. The molecule has 0 radical (unpaired) electrons. The smallest absolute Gasteiger partial charge is 0.230 e. The van der Waals surface area contributed by atoms with Crippen LogP contribution in [0.4, 0.5) is 0 Å². The molecule has 0 spiro atoms. The minimum Gasteiger partial charge on any atom is -0.383 e. The Balaban J connectivity index is 1.69. The van der Waals surface area contributed by atoms with Crippen LogP contribution in [0.1, 0.15) is 24.1 Å². The first-order valence-electron chi connectivity index (χ1n) is 9.64. The first kappa shape index (κ1) is 22.3. The highest BCUT2D eigenvalue weighted by molar-refractivity contribution is 7.99. The zero-order valence-electron chi connectivity index (χ0n) is 17.3. The van der Waals surface area contributed by atoms with E-state index in [1.54, 1.807) is 7.11 Å². The topological polar surface area (TPSA) is 69.0 Å². The van der Waals surface area contributed by atoms with Gasteiger partial charge in [0, 0.05) is 17.7 Å². The number of methoxy groups -OCH3 is 1. The van der Waals surface area contributed by atoms with Gasteiger partial charge in [-0.3, -0.25) is 9.36 Å². The first-order valence-corrected chi connectivity index (χ1v) is 11.0. The van der Waals surface area contributed by atoms with E-state index in [9.17, 15) is 4.79 Å². The third-order valence-corrected chi connectivity index (χ3v) is 5.77. The van der Waals surface area contributed by atoms with Crippen LogP contribution < -0.4 is 5.32 Å². The van der Waals surface area contributed by atoms with Crippen molar-refractivity contribution in [2.75, 3.05) is 19.5 Å². The lowest BCUT2D eigenvalue weighted by Gasteiger charge is -2.15. The molecule has 0 fully saturated rings. The number of rotatable bonds is 9. The Kier molecular flexibility index (Phi) is 7.90. The molecule has 3 rings (SSSR count). The van der Waals surface area contributed by atoms with Gasteiger partial charge in [-0.1, -0.05) is 59.3 Å². The van der Waals surface area contributed by atoms with Gasteiger partial charge in [-0.25, -0.2) is 0 Å². The summed E-state index contributed by atoms with van der Waals surface area (Å²) < 4.78 is 7.24. The molecular formula is C22H25ClN4O2S. The van der Waals surface area contributed by atoms with E-state index in [1.807, 2.05) is 60.9 Å². The largest absolute Gasteiger partial charge is 0.383 e. The quantitative estimate of drug-likeness (QED) is 0.491. The number of hydrogen-bond acceptors (Lipinski definition) is 5. The highest BCUT2D eigenvalue weighted by atomic mass is 35.5. The lowest BCUT2D eigenvalue weighted by atomic mass is 10.1. The summed E-state index contributed by atoms with van der Waals surface area (Å²) >= 11 is 7.40. The zero-order chi connectivity index (χ0) is 21.5. The van der Waals surface area contributed by atoms with Crippen molar-refractivity contribution in [3.05, 3.63) is 64.7 Å². The van der Waals surface area contributed by atoms with E-state index in [-0.39, 0.29) is 17.7 Å². The molecule has 2 aromatic carbocycles. The molecule has 158 valence electrons. The van der Waals surface area contributed by atoms with Gasteiger partial charge in [0.05, 0.1) is 24.9 Å². The van der Waals surface area contributed by atoms with E-state index in [2.05, 4.69) is 21.6 Å². The molecule has 1 N–H and O–H groups in total. The number of carbonyl (C=O) groups is 1. The number of aromatic nitrogens is 3. The van der Waals surface area contributed by atoms with E-state index in [4.69, 9.17) is 16.3 Å². The molecule has 1 aromatic heterocycles. The molecule has 0 aliphatic heterocycles. The van der Waals surface area contributed by atoms with Gasteiger partial charge in [-0.2, -0.15) is 0 Å². The maximum atomic E-state index is 12.5. The summed E-state index contributed by atoms with van der Waals surface area (Å²) in [5.41, 5.74) is 3.10. The van der Waals surface area contributed by atoms with E-state index in [0.717, 1.165) is 22.5 Å². The predicted molar refractivity (Wildman–Crippen MR) is 121 cm³/mol. The van der Waals surface area contributed by atoms with E-state index in [1.165, 1.54) is 11.8 Å². The van der Waals surface area contributed by atoms with Crippen LogP contribution in [0.25, 0.3) is 11.4 Å². The summed E-state index contributed by atoms with van der Waals surface area (Å²) in [6.07, 6.45) is 0. The van der Waals surface area contributed by atoms with Crippen LogP contribution in [-0.4, -0.2) is 40.1 Å². The van der Waals surface area contributed by atoms with E-state index >= 15 is 0 Å². The summed E-state index contributed by atoms with van der Waals surface area (Å²) in [5.74, 6) is 0.931. The van der Waals surface area contributed by atoms with Crippen LogP contribution in [0.15, 0.2) is 53.7 Å². The van der Waals surface area contributed by atoms with Crippen LogP contribution in [0.2, 0.25) is 5.02 Å². The number of aryl methyl sites for hydroxylation is 1. The molecule has 8 heteroatoms. The van der Waals surface area contributed by atoms with Gasteiger partial charge in [0.1, 0.15) is 0 Å². The molecule has 0 saturated carbocycles. The number of carbonyl (C=O) groups excluding carboxylic acids is 1. The average Bonchev–Trinajstić information content (AvgIpc) is 3.13. The van der Waals surface area contributed by atoms with Crippen molar-refractivity contribution in [3.8, 4) is 11.4 Å². The van der Waals surface area contributed by atoms with Crippen molar-refractivity contribution < 1.29 is 9.53 Å². The molecular weight excluding hydrogens is 420 g/mol. The van der Waals surface area contributed by atoms with Gasteiger partial charge in [0.15, 0.2) is 11.0 Å². The molecule has 0 aliphatic rings. The number of thioether (sulfide) groups is 1. The normalized spacial score (nSPS) is 12.0. The minimum atomic E-state index is -0.133. The SMILES string of the molecule is COCCn1c(SCC(=O)NC(C)c2cccc(Cl)c2)nnc1-c1cccc(C)c1. The van der Waals surface area contributed by atoms with E-state index < -0.39 is 0 Å². The summed E-state index contributed by atoms with van der Waals surface area (Å²) in [4.78, 5) is 12.5. The number of halogens is 1. The third-order valence-electron chi connectivity index (χ3n) is 4.57. The van der Waals surface area contributed by atoms with Crippen molar-refractivity contribution in [1.29, 1.82) is 0 Å². The van der Waals surface area contributed by atoms with Gasteiger partial charge in [-0.15, -0.1) is 10.2 Å². The van der Waals surface area contributed by atoms with Gasteiger partial charge in [0.2, 0.25) is 5.91 Å². The molecule has 1 atom stereocenters. The summed E-state index contributed by atoms with van der Waals surface area (Å²) in [5, 5.41) is 13.0. The Labute approximate surface area is 186 Å². The molecule has 3 aromatic rings. The van der Waals surface area contributed by atoms with Crippen molar-refractivity contribution in [2.45, 2.75) is 31.6 Å². The highest BCUT2D eigenvalue weighted by Crippen LogP contribution is 2.25. The highest BCUT2D eigenvalue weighted by Gasteiger charge is 2.17. The van der Waals surface area contributed by atoms with Gasteiger partial charge in [-0.05, 0) is 37.6 Å². The molecule has 0 saturated heterocycles. The maximum Gasteiger partial charge on any atom is 0.230 e. The maximum absolute atomic E-state index is 12.5. The van der Waals surface area contributed by atoms with Crippen LogP contribution in [0, 0.1) is 6.92 Å². The lowest BCUT2D eigenvalue weighted by Crippen LogP contribution is -2.28. The van der Waals surface area contributed by atoms with Crippen LogP contribution in [0.5, 0.6) is 0 Å². The fraction of sp³-hybridized carbons (Fsp3) is 0.318. The Bertz CT molecular complexity index is 1010. The van der Waals surface area contributed by atoms with Crippen molar-refractivity contribution in [2.24, 2.45) is 0 Å². The van der Waals surface area contributed by atoms with Gasteiger partial charge < -0.3 is 10.1 Å². The van der Waals surface area contributed by atoms with Crippen LogP contribution in [-0.2, 0) is 16.1 Å². The average molecular weight is 445 g/mol. The standard InChI is InChI=1S/C22H25ClN4O2S/c1-15-6-4-8-18(12-15)21-25-26-22(27(21)10-11-29-3)30-14-20(28)24-16(2)17-7-5-9-19(23)13-17/h4-9,12-13,16H,10-11,14H2,1-3H3,(H,24,28). The molecule has 1 amide bonds. The fourth-order valence-corrected chi connectivity index (χ4v) is 4.02. The number of hydrogen-bond donors (Lipinski definition) is 1. The second kappa shape index (κ2) is 10.6. The van der Waals surface area contributed by atoms with Crippen LogP contribution >= 0.6 is 23.4 Å². The monoisotopic (exact) mass is 444 g/mol. The molecule has 6 nitrogen and oxygen atoms in total. The van der Waals surface area contributed by atoms with Crippen molar-refractivity contribution >= 4 is 29.3 Å². The Morgan fingerprint density at radius 3 is 2.77 bits per heavy atom. The number of amides is 1. The number of benzene rings is 2.